The Labute approximate surface area is 135 Å². The molecule has 0 radical (unpaired) electrons. The summed E-state index contributed by atoms with van der Waals surface area (Å²) in [5, 5.41) is 17.1. The Balaban J connectivity index is 2.25. The molecule has 1 unspecified atom stereocenters. The molecule has 7 heteroatoms. The third-order valence-corrected chi connectivity index (χ3v) is 3.91. The van der Waals surface area contributed by atoms with Gasteiger partial charge < -0.3 is 15.2 Å². The molecule has 1 amide bonds. The van der Waals surface area contributed by atoms with Gasteiger partial charge in [0.15, 0.2) is 5.65 Å². The summed E-state index contributed by atoms with van der Waals surface area (Å²) in [6.07, 6.45) is 0.397. The molecule has 2 aromatic heterocycles. The number of ether oxygens (including phenoxy) is 1. The van der Waals surface area contributed by atoms with Gasteiger partial charge in [0.1, 0.15) is 0 Å². The van der Waals surface area contributed by atoms with Crippen LogP contribution in [0.2, 0.25) is 0 Å². The summed E-state index contributed by atoms with van der Waals surface area (Å²) in [6, 6.07) is 0. The summed E-state index contributed by atoms with van der Waals surface area (Å²) in [5.41, 5.74) is 3.75. The maximum Gasteiger partial charge on any atom is 0.242 e. The van der Waals surface area contributed by atoms with Gasteiger partial charge in [-0.2, -0.15) is 0 Å². The van der Waals surface area contributed by atoms with E-state index in [1.807, 2.05) is 20.9 Å². The highest BCUT2D eigenvalue weighted by atomic mass is 16.5. The summed E-state index contributed by atoms with van der Waals surface area (Å²) in [4.78, 5) is 16.5. The molecule has 0 fully saturated rings. The molecule has 126 valence electrons. The molecule has 0 bridgehead atoms. The monoisotopic (exact) mass is 320 g/mol. The molecule has 0 saturated heterocycles. The molecule has 0 aliphatic carbocycles. The summed E-state index contributed by atoms with van der Waals surface area (Å²) >= 11 is 0. The van der Waals surface area contributed by atoms with Crippen LogP contribution >= 0.6 is 0 Å². The first-order valence-electron chi connectivity index (χ1n) is 7.66. The van der Waals surface area contributed by atoms with E-state index in [0.717, 1.165) is 27.9 Å². The van der Waals surface area contributed by atoms with Crippen molar-refractivity contribution in [1.29, 1.82) is 0 Å². The third-order valence-electron chi connectivity index (χ3n) is 3.91. The van der Waals surface area contributed by atoms with Gasteiger partial charge in [0.2, 0.25) is 11.8 Å². The number of carbonyl (C=O) groups is 1. The Kier molecular flexibility index (Phi) is 5.20. The molecule has 7 nitrogen and oxygen atoms in total. The van der Waals surface area contributed by atoms with Crippen LogP contribution in [-0.4, -0.2) is 45.5 Å². The topological polar surface area (TPSA) is 89.3 Å². The number of pyridine rings is 1. The maximum atomic E-state index is 11.9. The second-order valence-corrected chi connectivity index (χ2v) is 5.79. The van der Waals surface area contributed by atoms with E-state index in [9.17, 15) is 9.90 Å². The van der Waals surface area contributed by atoms with Crippen molar-refractivity contribution in [3.05, 3.63) is 16.8 Å². The van der Waals surface area contributed by atoms with E-state index in [1.54, 1.807) is 18.7 Å². The molecule has 2 aromatic rings. The maximum absolute atomic E-state index is 11.9. The lowest BCUT2D eigenvalue weighted by atomic mass is 10.00. The largest absolute Gasteiger partial charge is 0.479 e. The van der Waals surface area contributed by atoms with Crippen molar-refractivity contribution < 1.29 is 14.6 Å². The summed E-state index contributed by atoms with van der Waals surface area (Å²) < 4.78 is 7.04. The van der Waals surface area contributed by atoms with Gasteiger partial charge in [0.05, 0.1) is 18.6 Å². The number of nitrogens with one attached hydrogen (secondary N) is 1. The van der Waals surface area contributed by atoms with E-state index >= 15 is 0 Å². The van der Waals surface area contributed by atoms with Gasteiger partial charge in [-0.1, -0.05) is 0 Å². The van der Waals surface area contributed by atoms with Gasteiger partial charge in [-0.3, -0.25) is 4.79 Å². The molecule has 2 heterocycles. The lowest BCUT2D eigenvalue weighted by Crippen LogP contribution is -2.30. The SMILES string of the molecule is COc1nn(C)c2nc(C)c(CCC(=O)NCC(C)O)c(C)c12. The molecular formula is C16H24N4O3. The summed E-state index contributed by atoms with van der Waals surface area (Å²) in [5.74, 6) is 0.468. The predicted octanol–water partition coefficient (Wildman–Crippen LogP) is 1.02. The minimum atomic E-state index is -0.542. The first-order valence-corrected chi connectivity index (χ1v) is 7.66. The number of nitrogens with zero attached hydrogens (tertiary/aromatic N) is 3. The quantitative estimate of drug-likeness (QED) is 0.829. The number of rotatable bonds is 6. The Bertz CT molecular complexity index is 722. The van der Waals surface area contributed by atoms with Crippen LogP contribution in [0.5, 0.6) is 5.88 Å². The average molecular weight is 320 g/mol. The summed E-state index contributed by atoms with van der Waals surface area (Å²) in [6.45, 7) is 5.85. The molecule has 0 aromatic carbocycles. The van der Waals surface area contributed by atoms with Crippen molar-refractivity contribution in [1.82, 2.24) is 20.1 Å². The number of aliphatic hydroxyl groups excluding tert-OH is 1. The zero-order valence-electron chi connectivity index (χ0n) is 14.3. The van der Waals surface area contributed by atoms with Gasteiger partial charge in [0, 0.05) is 25.7 Å². The molecule has 1 atom stereocenters. The third kappa shape index (κ3) is 3.61. The van der Waals surface area contributed by atoms with Crippen molar-refractivity contribution in [2.45, 2.75) is 39.7 Å². The van der Waals surface area contributed by atoms with Crippen molar-refractivity contribution in [3.63, 3.8) is 0 Å². The fourth-order valence-corrected chi connectivity index (χ4v) is 2.70. The average Bonchev–Trinajstić information content (AvgIpc) is 2.81. The van der Waals surface area contributed by atoms with Crippen LogP contribution in [0.3, 0.4) is 0 Å². The summed E-state index contributed by atoms with van der Waals surface area (Å²) in [7, 11) is 3.42. The van der Waals surface area contributed by atoms with Gasteiger partial charge >= 0.3 is 0 Å². The van der Waals surface area contributed by atoms with E-state index in [4.69, 9.17) is 4.74 Å². The zero-order valence-corrected chi connectivity index (χ0v) is 14.3. The molecular weight excluding hydrogens is 296 g/mol. The normalized spacial score (nSPS) is 12.4. The van der Waals surface area contributed by atoms with E-state index in [-0.39, 0.29) is 12.5 Å². The second kappa shape index (κ2) is 6.95. The molecule has 0 aliphatic rings. The molecule has 0 saturated carbocycles. The number of carbonyl (C=O) groups excluding carboxylic acids is 1. The molecule has 2 rings (SSSR count). The highest BCUT2D eigenvalue weighted by Crippen LogP contribution is 2.30. The first-order chi connectivity index (χ1) is 10.8. The highest BCUT2D eigenvalue weighted by Gasteiger charge is 2.18. The predicted molar refractivity (Wildman–Crippen MR) is 87.5 cm³/mol. The van der Waals surface area contributed by atoms with Gasteiger partial charge in [0.25, 0.3) is 0 Å². The lowest BCUT2D eigenvalue weighted by molar-refractivity contribution is -0.121. The number of aromatic nitrogens is 3. The molecule has 2 N–H and O–H groups in total. The number of fused-ring (bicyclic) bond motifs is 1. The van der Waals surface area contributed by atoms with Crippen LogP contribution in [0.15, 0.2) is 0 Å². The molecule has 0 aliphatic heterocycles. The van der Waals surface area contributed by atoms with E-state index in [2.05, 4.69) is 15.4 Å². The fraction of sp³-hybridized carbons (Fsp3) is 0.562. The Morgan fingerprint density at radius 3 is 2.74 bits per heavy atom. The number of hydrogen-bond donors (Lipinski definition) is 2. The number of amides is 1. The number of aliphatic hydroxyl groups is 1. The number of hydrogen-bond acceptors (Lipinski definition) is 5. The molecule has 23 heavy (non-hydrogen) atoms. The van der Waals surface area contributed by atoms with Crippen LogP contribution in [0, 0.1) is 13.8 Å². The van der Waals surface area contributed by atoms with Gasteiger partial charge in [-0.15, -0.1) is 5.10 Å². The van der Waals surface area contributed by atoms with Crippen LogP contribution in [0.4, 0.5) is 0 Å². The van der Waals surface area contributed by atoms with Crippen LogP contribution in [0.25, 0.3) is 11.0 Å². The Morgan fingerprint density at radius 2 is 2.13 bits per heavy atom. The van der Waals surface area contributed by atoms with E-state index in [1.165, 1.54) is 0 Å². The number of methoxy groups -OCH3 is 1. The minimum Gasteiger partial charge on any atom is -0.479 e. The lowest BCUT2D eigenvalue weighted by Gasteiger charge is -2.12. The second-order valence-electron chi connectivity index (χ2n) is 5.79. The Morgan fingerprint density at radius 1 is 1.43 bits per heavy atom. The number of aryl methyl sites for hydroxylation is 3. The van der Waals surface area contributed by atoms with E-state index in [0.29, 0.717) is 18.7 Å². The van der Waals surface area contributed by atoms with E-state index < -0.39 is 6.10 Å². The molecule has 0 spiro atoms. The van der Waals surface area contributed by atoms with Crippen LogP contribution in [-0.2, 0) is 18.3 Å². The smallest absolute Gasteiger partial charge is 0.242 e. The van der Waals surface area contributed by atoms with Crippen molar-refractivity contribution in [3.8, 4) is 5.88 Å². The van der Waals surface area contributed by atoms with Crippen LogP contribution < -0.4 is 10.1 Å². The standard InChI is InChI=1S/C16H24N4O3/c1-9(21)8-17-13(22)7-6-12-10(2)14-15(18-11(12)3)20(4)19-16(14)23-5/h9,21H,6-8H2,1-5H3,(H,17,22). The Hall–Kier alpha value is -2.15. The fourth-order valence-electron chi connectivity index (χ4n) is 2.70. The van der Waals surface area contributed by atoms with Gasteiger partial charge in [-0.05, 0) is 38.3 Å². The van der Waals surface area contributed by atoms with Crippen molar-refractivity contribution >= 4 is 16.9 Å². The van der Waals surface area contributed by atoms with Crippen molar-refractivity contribution in [2.24, 2.45) is 7.05 Å². The highest BCUT2D eigenvalue weighted by molar-refractivity contribution is 5.86. The van der Waals surface area contributed by atoms with Gasteiger partial charge in [-0.25, -0.2) is 9.67 Å². The minimum absolute atomic E-state index is 0.0806. The van der Waals surface area contributed by atoms with Crippen LogP contribution in [0.1, 0.15) is 30.2 Å². The first kappa shape index (κ1) is 17.2. The zero-order chi connectivity index (χ0) is 17.1. The van der Waals surface area contributed by atoms with Crippen molar-refractivity contribution in [2.75, 3.05) is 13.7 Å².